The van der Waals surface area contributed by atoms with Crippen LogP contribution in [0.4, 0.5) is 18.8 Å². The van der Waals surface area contributed by atoms with Crippen molar-refractivity contribution in [2.45, 2.75) is 13.8 Å². The molecule has 2 heterocycles. The topological polar surface area (TPSA) is 111 Å². The van der Waals surface area contributed by atoms with E-state index >= 15 is 0 Å². The van der Waals surface area contributed by atoms with Crippen LogP contribution >= 0.6 is 22.7 Å². The van der Waals surface area contributed by atoms with Gasteiger partial charge in [0, 0.05) is 33.0 Å². The monoisotopic (exact) mass is 660 g/mol. The summed E-state index contributed by atoms with van der Waals surface area (Å²) in [6.45, 7) is 3.53. The molecule has 5 rings (SSSR count). The summed E-state index contributed by atoms with van der Waals surface area (Å²) in [6.07, 6.45) is 0. The number of nitrogens with one attached hydrogen (secondary N) is 2. The van der Waals surface area contributed by atoms with E-state index in [1.807, 2.05) is 0 Å². The SMILES string of the molecule is CCOC(=O)c1c(-c2ccc(F)cc2)csc1NC(=O)c1cccc(C(=O)Nc2scc(-c3ccc(F)cc3)c2C(=O)OCC)c1. The number of ether oxygens (including phenoxy) is 2. The van der Waals surface area contributed by atoms with Gasteiger partial charge in [-0.25, -0.2) is 18.4 Å². The Balaban J connectivity index is 1.40. The van der Waals surface area contributed by atoms with E-state index in [4.69, 9.17) is 9.47 Å². The van der Waals surface area contributed by atoms with E-state index in [9.17, 15) is 28.0 Å². The predicted molar refractivity (Wildman–Crippen MR) is 174 cm³/mol. The van der Waals surface area contributed by atoms with Crippen LogP contribution in [0, 0.1) is 11.6 Å². The zero-order chi connectivity index (χ0) is 32.8. The van der Waals surface area contributed by atoms with Crippen molar-refractivity contribution in [1.82, 2.24) is 0 Å². The zero-order valence-electron chi connectivity index (χ0n) is 24.5. The van der Waals surface area contributed by atoms with E-state index in [2.05, 4.69) is 10.6 Å². The fourth-order valence-corrected chi connectivity index (χ4v) is 6.45. The standard InChI is InChI=1S/C34H26F2N2O6S2/c1-3-43-33(41)27-25(19-8-12-23(35)13-9-19)17-45-31(27)37-29(39)21-6-5-7-22(16-21)30(40)38-32-28(34(42)44-4-2)26(18-46-32)20-10-14-24(36)15-11-20/h5-18H,3-4H2,1-2H3,(H,37,39)(H,38,40). The van der Waals surface area contributed by atoms with Crippen LogP contribution in [-0.2, 0) is 9.47 Å². The van der Waals surface area contributed by atoms with E-state index in [1.54, 1.807) is 24.6 Å². The van der Waals surface area contributed by atoms with Crippen molar-refractivity contribution in [3.05, 3.63) is 117 Å². The van der Waals surface area contributed by atoms with Crippen molar-refractivity contribution < 1.29 is 37.4 Å². The second-order valence-electron chi connectivity index (χ2n) is 9.65. The molecular formula is C34H26F2N2O6S2. The van der Waals surface area contributed by atoms with Gasteiger partial charge in [-0.1, -0.05) is 30.3 Å². The number of thiophene rings is 2. The predicted octanol–water partition coefficient (Wildman–Crippen LogP) is 8.28. The highest BCUT2D eigenvalue weighted by Crippen LogP contribution is 2.38. The highest BCUT2D eigenvalue weighted by Gasteiger charge is 2.25. The van der Waals surface area contributed by atoms with Gasteiger partial charge in [-0.3, -0.25) is 9.59 Å². The van der Waals surface area contributed by atoms with Gasteiger partial charge in [-0.05, 0) is 67.4 Å². The van der Waals surface area contributed by atoms with Crippen LogP contribution in [0.2, 0.25) is 0 Å². The largest absolute Gasteiger partial charge is 0.462 e. The Morgan fingerprint density at radius 2 is 1.02 bits per heavy atom. The lowest BCUT2D eigenvalue weighted by Gasteiger charge is -2.11. The molecule has 0 aliphatic carbocycles. The lowest BCUT2D eigenvalue weighted by Crippen LogP contribution is -2.17. The van der Waals surface area contributed by atoms with Crippen LogP contribution in [-0.4, -0.2) is 37.0 Å². The number of hydrogen-bond acceptors (Lipinski definition) is 8. The smallest absolute Gasteiger partial charge is 0.341 e. The maximum atomic E-state index is 13.5. The maximum absolute atomic E-state index is 13.5. The van der Waals surface area contributed by atoms with Crippen LogP contribution in [0.3, 0.4) is 0 Å². The fraction of sp³-hybridized carbons (Fsp3) is 0.118. The van der Waals surface area contributed by atoms with Crippen molar-refractivity contribution in [2.24, 2.45) is 0 Å². The second kappa shape index (κ2) is 14.3. The molecule has 2 aromatic heterocycles. The molecule has 5 aromatic rings. The lowest BCUT2D eigenvalue weighted by molar-refractivity contribution is 0.0519. The van der Waals surface area contributed by atoms with E-state index in [1.165, 1.54) is 72.8 Å². The van der Waals surface area contributed by atoms with Crippen molar-refractivity contribution in [3.8, 4) is 22.3 Å². The highest BCUT2D eigenvalue weighted by molar-refractivity contribution is 7.15. The number of benzene rings is 3. The number of anilines is 2. The molecule has 46 heavy (non-hydrogen) atoms. The van der Waals surface area contributed by atoms with Crippen LogP contribution in [0.5, 0.6) is 0 Å². The number of halogens is 2. The minimum absolute atomic E-state index is 0.107. The number of rotatable bonds is 10. The first-order chi connectivity index (χ1) is 22.2. The number of carbonyl (C=O) groups excluding carboxylic acids is 4. The molecule has 0 saturated heterocycles. The molecule has 8 nitrogen and oxygen atoms in total. The molecule has 2 amide bonds. The summed E-state index contributed by atoms with van der Waals surface area (Å²) in [5.74, 6) is -3.35. The molecule has 0 aliphatic heterocycles. The first-order valence-corrected chi connectivity index (χ1v) is 15.8. The molecule has 12 heteroatoms. The van der Waals surface area contributed by atoms with Gasteiger partial charge in [-0.2, -0.15) is 0 Å². The van der Waals surface area contributed by atoms with Crippen LogP contribution < -0.4 is 10.6 Å². The van der Waals surface area contributed by atoms with E-state index < -0.39 is 35.4 Å². The van der Waals surface area contributed by atoms with Gasteiger partial charge in [0.25, 0.3) is 11.8 Å². The molecule has 0 radical (unpaired) electrons. The Morgan fingerprint density at radius 1 is 0.630 bits per heavy atom. The lowest BCUT2D eigenvalue weighted by atomic mass is 10.0. The third-order valence-corrected chi connectivity index (χ3v) is 8.48. The summed E-state index contributed by atoms with van der Waals surface area (Å²) in [5, 5.41) is 9.26. The number of hydrogen-bond donors (Lipinski definition) is 2. The second-order valence-corrected chi connectivity index (χ2v) is 11.4. The quantitative estimate of drug-likeness (QED) is 0.146. The summed E-state index contributed by atoms with van der Waals surface area (Å²) in [5.41, 5.74) is 2.59. The molecule has 0 spiro atoms. The van der Waals surface area contributed by atoms with Gasteiger partial charge in [0.15, 0.2) is 0 Å². The first kappa shape index (κ1) is 32.2. The van der Waals surface area contributed by atoms with Crippen molar-refractivity contribution in [3.63, 3.8) is 0 Å². The molecule has 0 bridgehead atoms. The Hall–Kier alpha value is -5.20. The first-order valence-electron chi connectivity index (χ1n) is 14.0. The Labute approximate surface area is 270 Å². The van der Waals surface area contributed by atoms with Gasteiger partial charge in [-0.15, -0.1) is 22.7 Å². The average molecular weight is 661 g/mol. The maximum Gasteiger partial charge on any atom is 0.341 e. The molecule has 0 fully saturated rings. The number of carbonyl (C=O) groups is 4. The molecular weight excluding hydrogens is 635 g/mol. The normalized spacial score (nSPS) is 10.7. The fourth-order valence-electron chi connectivity index (χ4n) is 4.55. The summed E-state index contributed by atoms with van der Waals surface area (Å²) >= 11 is 2.21. The summed E-state index contributed by atoms with van der Waals surface area (Å²) in [7, 11) is 0. The Kier molecular flexibility index (Phi) is 9.99. The zero-order valence-corrected chi connectivity index (χ0v) is 26.2. The van der Waals surface area contributed by atoms with Gasteiger partial charge in [0.2, 0.25) is 0 Å². The van der Waals surface area contributed by atoms with Crippen molar-refractivity contribution in [2.75, 3.05) is 23.8 Å². The van der Waals surface area contributed by atoms with Gasteiger partial charge in [0.1, 0.15) is 32.8 Å². The van der Waals surface area contributed by atoms with E-state index in [-0.39, 0.29) is 45.5 Å². The van der Waals surface area contributed by atoms with Crippen molar-refractivity contribution in [1.29, 1.82) is 0 Å². The summed E-state index contributed by atoms with van der Waals surface area (Å²) in [6, 6.07) is 17.1. The summed E-state index contributed by atoms with van der Waals surface area (Å²) in [4.78, 5) is 52.5. The van der Waals surface area contributed by atoms with Crippen LogP contribution in [0.15, 0.2) is 83.6 Å². The van der Waals surface area contributed by atoms with E-state index in [0.29, 0.717) is 22.3 Å². The molecule has 0 atom stereocenters. The van der Waals surface area contributed by atoms with Gasteiger partial charge < -0.3 is 20.1 Å². The molecule has 0 unspecified atom stereocenters. The molecule has 2 N–H and O–H groups in total. The van der Waals surface area contributed by atoms with Crippen LogP contribution in [0.1, 0.15) is 55.3 Å². The Morgan fingerprint density at radius 3 is 1.39 bits per heavy atom. The average Bonchev–Trinajstić information content (AvgIpc) is 3.66. The molecule has 0 saturated carbocycles. The molecule has 0 aliphatic rings. The Bertz CT molecular complexity index is 1780. The highest BCUT2D eigenvalue weighted by atomic mass is 32.1. The number of amides is 2. The third kappa shape index (κ3) is 7.03. The van der Waals surface area contributed by atoms with E-state index in [0.717, 1.165) is 22.7 Å². The van der Waals surface area contributed by atoms with Crippen LogP contribution in [0.25, 0.3) is 22.3 Å². The number of esters is 2. The van der Waals surface area contributed by atoms with Gasteiger partial charge in [0.05, 0.1) is 13.2 Å². The summed E-state index contributed by atoms with van der Waals surface area (Å²) < 4.78 is 37.5. The van der Waals surface area contributed by atoms with Gasteiger partial charge >= 0.3 is 11.9 Å². The molecule has 3 aromatic carbocycles. The van der Waals surface area contributed by atoms with Crippen molar-refractivity contribution >= 4 is 56.4 Å². The molecule has 234 valence electrons. The minimum atomic E-state index is -0.653. The minimum Gasteiger partial charge on any atom is -0.462 e. The third-order valence-electron chi connectivity index (χ3n) is 6.69.